The quantitative estimate of drug-likeness (QED) is 0.612. The van der Waals surface area contributed by atoms with E-state index in [1.54, 1.807) is 12.1 Å². The summed E-state index contributed by atoms with van der Waals surface area (Å²) >= 11 is 0. The smallest absolute Gasteiger partial charge is 0.490 e. The lowest BCUT2D eigenvalue weighted by Crippen LogP contribution is -2.21. The molecule has 0 aliphatic heterocycles. The van der Waals surface area contributed by atoms with E-state index >= 15 is 0 Å². The fourth-order valence-corrected chi connectivity index (χ4v) is 1.18. The highest BCUT2D eigenvalue weighted by Crippen LogP contribution is 2.18. The molecule has 5 nitrogen and oxygen atoms in total. The minimum atomic E-state index is -5.08. The Morgan fingerprint density at radius 3 is 1.44 bits per heavy atom. The van der Waals surface area contributed by atoms with Gasteiger partial charge in [-0.1, -0.05) is 30.3 Å². The van der Waals surface area contributed by atoms with Crippen molar-refractivity contribution < 1.29 is 51.3 Å². The Bertz CT molecular complexity index is 699. The minimum absolute atomic E-state index is 0.323. The Balaban J connectivity index is 0.000000366. The van der Waals surface area contributed by atoms with E-state index in [0.717, 1.165) is 10.8 Å². The van der Waals surface area contributed by atoms with Crippen LogP contribution in [0.3, 0.4) is 0 Å². The number of carbonyl (C=O) groups is 2. The van der Waals surface area contributed by atoms with Crippen LogP contribution in [0.5, 0.6) is 5.75 Å². The van der Waals surface area contributed by atoms with E-state index in [4.69, 9.17) is 24.9 Å². The molecule has 25 heavy (non-hydrogen) atoms. The summed E-state index contributed by atoms with van der Waals surface area (Å²) in [5.74, 6) is -5.19. The fourth-order valence-electron chi connectivity index (χ4n) is 1.18. The first-order valence-corrected chi connectivity index (χ1v) is 6.03. The summed E-state index contributed by atoms with van der Waals surface area (Å²) in [4.78, 5) is 17.8. The highest BCUT2D eigenvalue weighted by Gasteiger charge is 2.38. The van der Waals surface area contributed by atoms with Crippen molar-refractivity contribution in [3.05, 3.63) is 42.5 Å². The van der Waals surface area contributed by atoms with Crippen molar-refractivity contribution in [2.45, 2.75) is 12.4 Å². The molecule has 2 rings (SSSR count). The van der Waals surface area contributed by atoms with E-state index in [-0.39, 0.29) is 0 Å². The lowest BCUT2D eigenvalue weighted by Gasteiger charge is -1.96. The largest absolute Gasteiger partial charge is 0.508 e. The molecule has 11 heteroatoms. The molecule has 138 valence electrons. The Hall–Kier alpha value is -2.98. The number of hydrogen-bond acceptors (Lipinski definition) is 3. The molecule has 0 spiro atoms. The number of carboxylic acids is 2. The molecule has 0 atom stereocenters. The summed E-state index contributed by atoms with van der Waals surface area (Å²) in [6, 6.07) is 13.3. The maximum absolute atomic E-state index is 10.6. The van der Waals surface area contributed by atoms with Crippen molar-refractivity contribution in [3.63, 3.8) is 0 Å². The number of halogens is 6. The van der Waals surface area contributed by atoms with Gasteiger partial charge in [0.05, 0.1) is 0 Å². The predicted molar refractivity (Wildman–Crippen MR) is 73.0 cm³/mol. The van der Waals surface area contributed by atoms with Crippen molar-refractivity contribution in [2.75, 3.05) is 0 Å². The summed E-state index contributed by atoms with van der Waals surface area (Å²) in [5, 5.41) is 25.6. The molecule has 0 amide bonds. The van der Waals surface area contributed by atoms with Crippen molar-refractivity contribution in [1.82, 2.24) is 0 Å². The van der Waals surface area contributed by atoms with Gasteiger partial charge in [0.25, 0.3) is 0 Å². The van der Waals surface area contributed by atoms with Crippen LogP contribution >= 0.6 is 0 Å². The fraction of sp³-hybridized carbons (Fsp3) is 0.143. The number of benzene rings is 2. The van der Waals surface area contributed by atoms with Crippen LogP contribution in [0.1, 0.15) is 0 Å². The molecular formula is C14H10F6O5. The van der Waals surface area contributed by atoms with Gasteiger partial charge in [0.2, 0.25) is 0 Å². The van der Waals surface area contributed by atoms with Crippen molar-refractivity contribution in [1.29, 1.82) is 0 Å². The SMILES string of the molecule is O=C(O)C(F)(F)F.O=C(O)C(F)(F)F.Oc1ccc2ccccc2c1. The van der Waals surface area contributed by atoms with Gasteiger partial charge in [0.1, 0.15) is 5.75 Å². The predicted octanol–water partition coefficient (Wildman–Crippen LogP) is 3.81. The topological polar surface area (TPSA) is 94.8 Å². The summed E-state index contributed by atoms with van der Waals surface area (Å²) < 4.78 is 63.5. The van der Waals surface area contributed by atoms with Gasteiger partial charge in [0.15, 0.2) is 0 Å². The van der Waals surface area contributed by atoms with Gasteiger partial charge < -0.3 is 15.3 Å². The molecule has 2 aromatic carbocycles. The number of aromatic hydroxyl groups is 1. The third-order valence-corrected chi connectivity index (χ3v) is 2.22. The van der Waals surface area contributed by atoms with E-state index in [1.807, 2.05) is 30.3 Å². The van der Waals surface area contributed by atoms with Crippen LogP contribution in [0.2, 0.25) is 0 Å². The highest BCUT2D eigenvalue weighted by atomic mass is 19.4. The Labute approximate surface area is 135 Å². The second kappa shape index (κ2) is 8.76. The number of fused-ring (bicyclic) bond motifs is 1. The minimum Gasteiger partial charge on any atom is -0.508 e. The van der Waals surface area contributed by atoms with Gasteiger partial charge in [-0.25, -0.2) is 9.59 Å². The van der Waals surface area contributed by atoms with Crippen molar-refractivity contribution in [3.8, 4) is 5.75 Å². The average Bonchev–Trinajstić information content (AvgIpc) is 2.46. The molecule has 0 aliphatic carbocycles. The van der Waals surface area contributed by atoms with Gasteiger partial charge in [-0.2, -0.15) is 26.3 Å². The Morgan fingerprint density at radius 2 is 1.08 bits per heavy atom. The molecule has 2 aromatic rings. The molecule has 3 N–H and O–H groups in total. The van der Waals surface area contributed by atoms with Crippen LogP contribution in [-0.4, -0.2) is 39.6 Å². The third kappa shape index (κ3) is 9.03. The van der Waals surface area contributed by atoms with E-state index in [2.05, 4.69) is 0 Å². The lowest BCUT2D eigenvalue weighted by molar-refractivity contribution is -0.193. The summed E-state index contributed by atoms with van der Waals surface area (Å²) in [5.41, 5.74) is 0. The van der Waals surface area contributed by atoms with Crippen LogP contribution in [0.25, 0.3) is 10.8 Å². The first-order chi connectivity index (χ1) is 11.2. The van der Waals surface area contributed by atoms with Crippen molar-refractivity contribution >= 4 is 22.7 Å². The van der Waals surface area contributed by atoms with E-state index in [0.29, 0.717) is 5.75 Å². The molecule has 0 heterocycles. The number of alkyl halides is 6. The number of carboxylic acid groups (broad SMARTS) is 2. The maximum atomic E-state index is 10.6. The van der Waals surface area contributed by atoms with E-state index in [1.165, 1.54) is 0 Å². The normalized spacial score (nSPS) is 10.8. The molecule has 0 aliphatic rings. The van der Waals surface area contributed by atoms with E-state index < -0.39 is 24.3 Å². The number of phenols is 1. The third-order valence-electron chi connectivity index (χ3n) is 2.22. The summed E-state index contributed by atoms with van der Waals surface area (Å²) in [7, 11) is 0. The van der Waals surface area contributed by atoms with Gasteiger partial charge in [-0.15, -0.1) is 0 Å². The van der Waals surface area contributed by atoms with Crippen molar-refractivity contribution in [2.24, 2.45) is 0 Å². The van der Waals surface area contributed by atoms with Crippen LogP contribution in [0, 0.1) is 0 Å². The van der Waals surface area contributed by atoms with Crippen LogP contribution < -0.4 is 0 Å². The molecule has 0 bridgehead atoms. The maximum Gasteiger partial charge on any atom is 0.490 e. The van der Waals surface area contributed by atoms with Gasteiger partial charge >= 0.3 is 24.3 Å². The zero-order valence-electron chi connectivity index (χ0n) is 12.0. The molecule has 0 fully saturated rings. The monoisotopic (exact) mass is 372 g/mol. The molecule has 0 unspecified atom stereocenters. The second-order valence-corrected chi connectivity index (χ2v) is 4.14. The zero-order valence-corrected chi connectivity index (χ0v) is 12.0. The van der Waals surface area contributed by atoms with Crippen LogP contribution in [0.4, 0.5) is 26.3 Å². The lowest BCUT2D eigenvalue weighted by atomic mass is 10.1. The highest BCUT2D eigenvalue weighted by molar-refractivity contribution is 5.83. The average molecular weight is 372 g/mol. The van der Waals surface area contributed by atoms with Crippen LogP contribution in [0.15, 0.2) is 42.5 Å². The number of phenolic OH excluding ortho intramolecular Hbond substituents is 1. The first kappa shape index (κ1) is 22.0. The Morgan fingerprint density at radius 1 is 0.720 bits per heavy atom. The van der Waals surface area contributed by atoms with E-state index in [9.17, 15) is 26.3 Å². The zero-order chi connectivity index (χ0) is 19.8. The van der Waals surface area contributed by atoms with Gasteiger partial charge in [-0.05, 0) is 22.9 Å². The summed E-state index contributed by atoms with van der Waals surface area (Å²) in [6.07, 6.45) is -10.2. The molecule has 0 aromatic heterocycles. The van der Waals surface area contributed by atoms with Crippen LogP contribution in [-0.2, 0) is 9.59 Å². The first-order valence-electron chi connectivity index (χ1n) is 6.03. The van der Waals surface area contributed by atoms with Gasteiger partial charge in [-0.3, -0.25) is 0 Å². The Kier molecular flexibility index (Phi) is 7.71. The second-order valence-electron chi connectivity index (χ2n) is 4.14. The molecule has 0 radical (unpaired) electrons. The number of rotatable bonds is 0. The van der Waals surface area contributed by atoms with Gasteiger partial charge in [0, 0.05) is 0 Å². The standard InChI is InChI=1S/C10H8O.2C2HF3O2/c11-10-6-5-8-3-1-2-4-9(8)7-10;2*3-2(4,5)1(6)7/h1-7,11H;2*(H,6,7). The number of hydrogen-bond donors (Lipinski definition) is 3. The molecule has 0 saturated heterocycles. The summed E-state index contributed by atoms with van der Waals surface area (Å²) in [6.45, 7) is 0. The molecule has 0 saturated carbocycles. The molecular weight excluding hydrogens is 362 g/mol. The number of aliphatic carboxylic acids is 2.